The average Bonchev–Trinajstić information content (AvgIpc) is 3.70. The van der Waals surface area contributed by atoms with Crippen molar-refractivity contribution in [2.75, 3.05) is 25.5 Å². The molecule has 2 atom stereocenters. The van der Waals surface area contributed by atoms with Crippen LogP contribution in [-0.4, -0.2) is 59.0 Å². The molecular weight excluding hydrogens is 658 g/mol. The number of hydrogen-bond acceptors (Lipinski definition) is 9. The van der Waals surface area contributed by atoms with Gasteiger partial charge in [0.05, 0.1) is 34.2 Å². The number of methoxy groups -OCH3 is 1. The van der Waals surface area contributed by atoms with Crippen molar-refractivity contribution < 1.29 is 18.7 Å². The third-order valence-electron chi connectivity index (χ3n) is 8.36. The highest BCUT2D eigenvalue weighted by Crippen LogP contribution is 2.41. The molecule has 48 heavy (non-hydrogen) atoms. The summed E-state index contributed by atoms with van der Waals surface area (Å²) in [4.78, 5) is 36.3. The molecule has 11 nitrogen and oxygen atoms in total. The Balaban J connectivity index is 1.17. The van der Waals surface area contributed by atoms with Crippen LogP contribution >= 0.6 is 23.2 Å². The number of amides is 2. The summed E-state index contributed by atoms with van der Waals surface area (Å²) in [6.45, 7) is 1.98. The van der Waals surface area contributed by atoms with Gasteiger partial charge in [-0.25, -0.2) is 14.4 Å². The fourth-order valence-corrected chi connectivity index (χ4v) is 6.40. The molecule has 4 aromatic rings. The van der Waals surface area contributed by atoms with Crippen LogP contribution in [0.2, 0.25) is 10.0 Å². The fourth-order valence-electron chi connectivity index (χ4n) is 5.83. The first kappa shape index (κ1) is 33.5. The van der Waals surface area contributed by atoms with Crippen LogP contribution in [0.25, 0.3) is 22.5 Å². The first-order valence-corrected chi connectivity index (χ1v) is 16.4. The van der Waals surface area contributed by atoms with Crippen molar-refractivity contribution in [3.63, 3.8) is 0 Å². The maximum absolute atomic E-state index is 15.5. The molecule has 2 unspecified atom stereocenters. The number of aromatic nitrogens is 3. The predicted octanol–water partition coefficient (Wildman–Crippen LogP) is 5.14. The normalized spacial score (nSPS) is 17.3. The topological polar surface area (TPSA) is 142 Å². The van der Waals surface area contributed by atoms with Crippen LogP contribution < -0.4 is 31.3 Å². The van der Waals surface area contributed by atoms with E-state index in [9.17, 15) is 9.59 Å². The number of pyridine rings is 3. The average molecular weight is 694 g/mol. The summed E-state index contributed by atoms with van der Waals surface area (Å²) in [5.41, 5.74) is 3.91. The summed E-state index contributed by atoms with van der Waals surface area (Å²) in [6, 6.07) is 12.7. The number of ether oxygens (including phenoxy) is 1. The third-order valence-corrected chi connectivity index (χ3v) is 9.15. The van der Waals surface area contributed by atoms with E-state index in [1.54, 1.807) is 31.5 Å². The Kier molecular flexibility index (Phi) is 10.7. The van der Waals surface area contributed by atoms with E-state index in [0.29, 0.717) is 77.1 Å². The second kappa shape index (κ2) is 15.2. The molecule has 0 aliphatic carbocycles. The Morgan fingerprint density at radius 1 is 0.854 bits per heavy atom. The lowest BCUT2D eigenvalue weighted by molar-refractivity contribution is -0.120. The molecule has 250 valence electrons. The Labute approximate surface area is 287 Å². The van der Waals surface area contributed by atoms with Gasteiger partial charge in [0.25, 0.3) is 0 Å². The number of hydrogen-bond donors (Lipinski definition) is 5. The fraction of sp³-hybridized carbons (Fsp3) is 0.324. The lowest BCUT2D eigenvalue weighted by Gasteiger charge is -2.16. The molecule has 1 aromatic carbocycles. The summed E-state index contributed by atoms with van der Waals surface area (Å²) in [6.07, 6.45) is 5.72. The highest BCUT2D eigenvalue weighted by atomic mass is 35.5. The summed E-state index contributed by atoms with van der Waals surface area (Å²) in [5.74, 6) is 0.0722. The molecule has 0 spiro atoms. The van der Waals surface area contributed by atoms with Gasteiger partial charge in [-0.15, -0.1) is 0 Å². The Bertz CT molecular complexity index is 1830. The maximum atomic E-state index is 15.5. The van der Waals surface area contributed by atoms with Crippen LogP contribution in [0.5, 0.6) is 5.88 Å². The van der Waals surface area contributed by atoms with Crippen LogP contribution in [0.1, 0.15) is 36.8 Å². The summed E-state index contributed by atoms with van der Waals surface area (Å²) in [5, 5.41) is 16.0. The molecule has 5 N–H and O–H groups in total. The molecular formula is C34H35Cl2FN8O3. The molecule has 0 saturated carbocycles. The number of carbonyl (C=O) groups excluding carboxylic acids is 2. The number of rotatable bonds is 13. The van der Waals surface area contributed by atoms with Crippen molar-refractivity contribution in [2.45, 2.75) is 50.9 Å². The number of nitrogens with zero attached hydrogens (tertiary/aromatic N) is 3. The van der Waals surface area contributed by atoms with Gasteiger partial charge >= 0.3 is 0 Å². The Hall–Kier alpha value is -4.36. The number of carbonyl (C=O) groups is 2. The van der Waals surface area contributed by atoms with E-state index in [2.05, 4.69) is 36.6 Å². The van der Waals surface area contributed by atoms with E-state index in [1.807, 2.05) is 24.3 Å². The van der Waals surface area contributed by atoms with Gasteiger partial charge in [0, 0.05) is 85.8 Å². The van der Waals surface area contributed by atoms with E-state index < -0.39 is 5.82 Å². The first-order valence-electron chi connectivity index (χ1n) is 15.7. The summed E-state index contributed by atoms with van der Waals surface area (Å²) in [7, 11) is 1.56. The Morgan fingerprint density at radius 2 is 1.52 bits per heavy atom. The second-order valence-electron chi connectivity index (χ2n) is 11.7. The van der Waals surface area contributed by atoms with Crippen molar-refractivity contribution in [1.82, 2.24) is 36.2 Å². The first-order chi connectivity index (χ1) is 23.3. The van der Waals surface area contributed by atoms with Crippen LogP contribution in [0.3, 0.4) is 0 Å². The quantitative estimate of drug-likeness (QED) is 0.129. The van der Waals surface area contributed by atoms with Crippen molar-refractivity contribution in [3.8, 4) is 28.4 Å². The van der Waals surface area contributed by atoms with Gasteiger partial charge in [-0.1, -0.05) is 47.5 Å². The summed E-state index contributed by atoms with van der Waals surface area (Å²) >= 11 is 13.8. The zero-order chi connectivity index (χ0) is 33.6. The monoisotopic (exact) mass is 692 g/mol. The third kappa shape index (κ3) is 7.68. The van der Waals surface area contributed by atoms with Crippen LogP contribution in [0.15, 0.2) is 54.9 Å². The van der Waals surface area contributed by atoms with Crippen LogP contribution in [0, 0.1) is 5.82 Å². The van der Waals surface area contributed by atoms with Gasteiger partial charge in [-0.05, 0) is 31.0 Å². The van der Waals surface area contributed by atoms with Crippen molar-refractivity contribution >= 4 is 46.5 Å². The van der Waals surface area contributed by atoms with Crippen molar-refractivity contribution in [3.05, 3.63) is 81.8 Å². The highest BCUT2D eigenvalue weighted by molar-refractivity contribution is 6.39. The van der Waals surface area contributed by atoms with Crippen LogP contribution in [0.4, 0.5) is 15.9 Å². The molecule has 2 amide bonds. The molecule has 5 heterocycles. The predicted molar refractivity (Wildman–Crippen MR) is 183 cm³/mol. The molecule has 0 bridgehead atoms. The minimum absolute atomic E-state index is 0.0150. The smallest absolute Gasteiger partial charge is 0.220 e. The lowest BCUT2D eigenvalue weighted by atomic mass is 10.0. The van der Waals surface area contributed by atoms with E-state index in [0.717, 1.165) is 18.4 Å². The minimum atomic E-state index is -0.515. The van der Waals surface area contributed by atoms with Gasteiger partial charge in [0.15, 0.2) is 11.6 Å². The van der Waals surface area contributed by atoms with Crippen molar-refractivity contribution in [2.24, 2.45) is 0 Å². The van der Waals surface area contributed by atoms with Gasteiger partial charge in [-0.2, -0.15) is 0 Å². The number of benzene rings is 1. The molecule has 0 radical (unpaired) electrons. The molecule has 14 heteroatoms. The zero-order valence-corrected chi connectivity index (χ0v) is 27.7. The Morgan fingerprint density at radius 3 is 2.19 bits per heavy atom. The standard InChI is InChI=1S/C34H35Cl2FN8O3/c1-48-34-20(16-39-18-22-7-10-28(47)43-22)5-8-25(45-34)23-3-2-4-24(29(23)35)32-30(36)26(12-14-40-32)44-33-31(37)19(11-13-41-33)15-38-17-21-6-9-27(46)42-21/h2-5,8,11-14,21-22,38-39H,6-7,9-10,15-18H2,1H3,(H,42,46)(H,43,47)(H,40,41,44). The van der Waals surface area contributed by atoms with E-state index in [1.165, 1.54) is 6.20 Å². The SMILES string of the molecule is COc1nc(-c2cccc(-c3nccc(Nc4nccc(CNCC5CCC(=O)N5)c4F)c3Cl)c2Cl)ccc1CNCC1CCC(=O)N1. The lowest BCUT2D eigenvalue weighted by Crippen LogP contribution is -2.35. The molecule has 3 aromatic heterocycles. The van der Waals surface area contributed by atoms with Crippen LogP contribution in [-0.2, 0) is 22.7 Å². The van der Waals surface area contributed by atoms with Gasteiger partial charge in [0.2, 0.25) is 17.7 Å². The van der Waals surface area contributed by atoms with Gasteiger partial charge < -0.3 is 31.3 Å². The van der Waals surface area contributed by atoms with Gasteiger partial charge in [0.1, 0.15) is 0 Å². The molecule has 2 aliphatic rings. The summed E-state index contributed by atoms with van der Waals surface area (Å²) < 4.78 is 21.1. The second-order valence-corrected chi connectivity index (χ2v) is 12.4. The van der Waals surface area contributed by atoms with E-state index in [-0.39, 0.29) is 41.3 Å². The molecule has 2 aliphatic heterocycles. The largest absolute Gasteiger partial charge is 0.481 e. The van der Waals surface area contributed by atoms with Crippen molar-refractivity contribution in [1.29, 1.82) is 0 Å². The maximum Gasteiger partial charge on any atom is 0.220 e. The molecule has 6 rings (SSSR count). The van der Waals surface area contributed by atoms with Gasteiger partial charge in [-0.3, -0.25) is 14.6 Å². The van der Waals surface area contributed by atoms with E-state index >= 15 is 4.39 Å². The minimum Gasteiger partial charge on any atom is -0.481 e. The number of nitrogens with one attached hydrogen (secondary N) is 5. The van der Waals surface area contributed by atoms with E-state index in [4.69, 9.17) is 32.9 Å². The molecule has 2 saturated heterocycles. The molecule has 2 fully saturated rings. The number of anilines is 2. The zero-order valence-electron chi connectivity index (χ0n) is 26.2. The highest BCUT2D eigenvalue weighted by Gasteiger charge is 2.22. The number of halogens is 3.